The Labute approximate surface area is 238 Å². The third kappa shape index (κ3) is 6.32. The molecule has 41 heavy (non-hydrogen) atoms. The second-order valence-corrected chi connectivity index (χ2v) is 10.7. The van der Waals surface area contributed by atoms with Crippen LogP contribution in [0.5, 0.6) is 0 Å². The molecule has 0 saturated heterocycles. The minimum Gasteiger partial charge on any atom is -0.334 e. The number of hydrogen-bond acceptors (Lipinski definition) is 4. The second-order valence-electron chi connectivity index (χ2n) is 9.64. The number of aromatic nitrogens is 3. The van der Waals surface area contributed by atoms with E-state index in [0.717, 1.165) is 40.3 Å². The van der Waals surface area contributed by atoms with Crippen molar-refractivity contribution < 1.29 is 22.8 Å². The lowest BCUT2D eigenvalue weighted by atomic mass is 10.0. The molecule has 4 aromatic rings. The number of carbonyl (C=O) groups excluding carboxylic acids is 2. The number of carbonyl (C=O) groups is 2. The number of para-hydroxylation sites is 1. The van der Waals surface area contributed by atoms with Crippen LogP contribution in [0.1, 0.15) is 36.5 Å². The summed E-state index contributed by atoms with van der Waals surface area (Å²) in [6.45, 7) is 4.37. The number of thiol groups is 1. The van der Waals surface area contributed by atoms with Gasteiger partial charge >= 0.3 is 12.2 Å². The number of hydrogen-bond donors (Lipinski definition) is 3. The van der Waals surface area contributed by atoms with Gasteiger partial charge in [-0.15, -0.1) is 16.4 Å². The van der Waals surface area contributed by atoms with Crippen molar-refractivity contribution >= 4 is 34.1 Å². The van der Waals surface area contributed by atoms with Gasteiger partial charge in [0.05, 0.1) is 22.7 Å². The molecule has 1 aliphatic rings. The number of rotatable bonds is 6. The first-order chi connectivity index (χ1) is 19.6. The number of alkyl halides is 3. The van der Waals surface area contributed by atoms with E-state index in [0.29, 0.717) is 27.9 Å². The van der Waals surface area contributed by atoms with Crippen LogP contribution < -0.4 is 15.5 Å². The quantitative estimate of drug-likeness (QED) is 0.208. The van der Waals surface area contributed by atoms with Gasteiger partial charge in [0, 0.05) is 12.1 Å². The maximum atomic E-state index is 12.8. The maximum absolute atomic E-state index is 12.8. The molecule has 3 aromatic carbocycles. The van der Waals surface area contributed by atoms with Gasteiger partial charge < -0.3 is 5.32 Å². The maximum Gasteiger partial charge on any atom is 0.416 e. The van der Waals surface area contributed by atoms with E-state index in [1.165, 1.54) is 23.1 Å². The van der Waals surface area contributed by atoms with Gasteiger partial charge in [0.15, 0.2) is 5.82 Å². The van der Waals surface area contributed by atoms with Crippen LogP contribution in [0.3, 0.4) is 0 Å². The summed E-state index contributed by atoms with van der Waals surface area (Å²) in [7, 11) is 0. The second kappa shape index (κ2) is 11.6. The monoisotopic (exact) mass is 580 g/mol. The van der Waals surface area contributed by atoms with E-state index in [1.807, 2.05) is 36.4 Å². The lowest BCUT2D eigenvalue weighted by Gasteiger charge is -2.24. The van der Waals surface area contributed by atoms with Crippen LogP contribution in [-0.4, -0.2) is 37.6 Å². The number of benzene rings is 3. The number of nitrogens with zero attached hydrogens (tertiary/aromatic N) is 4. The number of amides is 3. The van der Waals surface area contributed by atoms with Gasteiger partial charge in [0.1, 0.15) is 11.4 Å². The fourth-order valence-corrected chi connectivity index (χ4v) is 5.32. The van der Waals surface area contributed by atoms with Gasteiger partial charge in [-0.1, -0.05) is 56.3 Å². The molecule has 0 radical (unpaired) electrons. The summed E-state index contributed by atoms with van der Waals surface area (Å²) < 4.78 is 39.9. The summed E-state index contributed by atoms with van der Waals surface area (Å²) in [6.07, 6.45) is -2.97. The van der Waals surface area contributed by atoms with Crippen LogP contribution in [0.4, 0.5) is 23.7 Å². The molecule has 2 N–H and O–H groups in total. The Kier molecular flexibility index (Phi) is 7.93. The van der Waals surface area contributed by atoms with Crippen LogP contribution in [0.15, 0.2) is 79.1 Å². The van der Waals surface area contributed by atoms with Crippen molar-refractivity contribution in [2.45, 2.75) is 32.5 Å². The molecule has 2 heterocycles. The topological polar surface area (TPSA) is 92.2 Å². The minimum atomic E-state index is -4.41. The number of urea groups is 1. The number of nitrogens with one attached hydrogen (secondary N) is 2. The summed E-state index contributed by atoms with van der Waals surface area (Å²) in [5.41, 5.74) is 3.06. The predicted octanol–water partition coefficient (Wildman–Crippen LogP) is 5.48. The largest absolute Gasteiger partial charge is 0.416 e. The molecule has 212 valence electrons. The van der Waals surface area contributed by atoms with E-state index in [4.69, 9.17) is 0 Å². The van der Waals surface area contributed by atoms with Crippen molar-refractivity contribution in [3.8, 4) is 17.1 Å². The van der Waals surface area contributed by atoms with E-state index >= 15 is 0 Å². The average Bonchev–Trinajstić information content (AvgIpc) is 3.59. The molecule has 0 saturated carbocycles. The van der Waals surface area contributed by atoms with E-state index in [2.05, 4.69) is 34.6 Å². The van der Waals surface area contributed by atoms with E-state index in [-0.39, 0.29) is 18.4 Å². The highest BCUT2D eigenvalue weighted by atomic mass is 32.1. The lowest BCUT2D eigenvalue weighted by Crippen LogP contribution is -2.47. The van der Waals surface area contributed by atoms with Gasteiger partial charge in [-0.25, -0.2) is 14.5 Å². The Morgan fingerprint density at radius 2 is 1.73 bits per heavy atom. The van der Waals surface area contributed by atoms with E-state index in [9.17, 15) is 22.8 Å². The molecular weight excluding hydrogens is 553 g/mol. The SMILES string of the molecule is CC(C)c1ccccc1N1C(=O)C[SH]=C1NC(=O)NCc1ccc(-c2ncn(-c3ccc(C(F)(F)F)cc3)n2)cc1. The summed E-state index contributed by atoms with van der Waals surface area (Å²) in [5, 5.41) is 10.5. The molecule has 1 aromatic heterocycles. The number of anilines is 1. The van der Waals surface area contributed by atoms with Crippen molar-refractivity contribution in [1.82, 2.24) is 25.4 Å². The van der Waals surface area contributed by atoms with Crippen molar-refractivity contribution in [3.63, 3.8) is 0 Å². The van der Waals surface area contributed by atoms with Gasteiger partial charge in [-0.05, 0) is 47.4 Å². The van der Waals surface area contributed by atoms with Crippen LogP contribution in [0, 0.1) is 0 Å². The van der Waals surface area contributed by atoms with Crippen LogP contribution in [-0.2, 0) is 17.5 Å². The highest BCUT2D eigenvalue weighted by Crippen LogP contribution is 2.31. The molecular formula is C29H27F3N6O2S. The zero-order chi connectivity index (χ0) is 29.1. The summed E-state index contributed by atoms with van der Waals surface area (Å²) >= 11 is 0.723. The molecule has 12 heteroatoms. The van der Waals surface area contributed by atoms with E-state index in [1.54, 1.807) is 17.0 Å². The summed E-state index contributed by atoms with van der Waals surface area (Å²) in [4.78, 5) is 31.2. The molecule has 1 aliphatic heterocycles. The van der Waals surface area contributed by atoms with Gasteiger partial charge in [-0.2, -0.15) is 13.2 Å². The normalized spacial score (nSPS) is 13.7. The van der Waals surface area contributed by atoms with Crippen molar-refractivity contribution in [3.05, 3.63) is 95.8 Å². The zero-order valence-corrected chi connectivity index (χ0v) is 23.1. The average molecular weight is 581 g/mol. The van der Waals surface area contributed by atoms with Gasteiger partial charge in [-0.3, -0.25) is 15.0 Å². The fraction of sp³-hybridized carbons (Fsp3) is 0.207. The Morgan fingerprint density at radius 1 is 1.02 bits per heavy atom. The van der Waals surface area contributed by atoms with Crippen molar-refractivity contribution in [2.75, 3.05) is 10.7 Å². The molecule has 0 atom stereocenters. The molecule has 3 amide bonds. The minimum absolute atomic E-state index is 0.0694. The molecule has 8 nitrogen and oxygen atoms in total. The fourth-order valence-electron chi connectivity index (χ4n) is 4.35. The van der Waals surface area contributed by atoms with Gasteiger partial charge in [0.25, 0.3) is 0 Å². The van der Waals surface area contributed by atoms with Crippen molar-refractivity contribution in [1.29, 1.82) is 0 Å². The lowest BCUT2D eigenvalue weighted by molar-refractivity contribution is -0.137. The van der Waals surface area contributed by atoms with Crippen LogP contribution >= 0.6 is 11.4 Å². The third-order valence-corrected chi connectivity index (χ3v) is 7.51. The van der Waals surface area contributed by atoms with Crippen LogP contribution in [0.2, 0.25) is 0 Å². The Morgan fingerprint density at radius 3 is 2.41 bits per heavy atom. The van der Waals surface area contributed by atoms with Crippen molar-refractivity contribution in [2.24, 2.45) is 0 Å². The highest BCUT2D eigenvalue weighted by molar-refractivity contribution is 8.00. The smallest absolute Gasteiger partial charge is 0.334 e. The first kappa shape index (κ1) is 28.1. The zero-order valence-electron chi connectivity index (χ0n) is 22.2. The summed E-state index contributed by atoms with van der Waals surface area (Å²) in [6, 6.07) is 19.2. The van der Waals surface area contributed by atoms with Crippen LogP contribution in [0.25, 0.3) is 17.1 Å². The molecule has 0 spiro atoms. The number of halogens is 3. The third-order valence-electron chi connectivity index (χ3n) is 6.47. The molecule has 0 unspecified atom stereocenters. The Hall–Kier alpha value is -4.45. The summed E-state index contributed by atoms with van der Waals surface area (Å²) in [5.74, 6) is 0.847. The Bertz CT molecular complexity index is 1600. The first-order valence-corrected chi connectivity index (χ1v) is 13.9. The van der Waals surface area contributed by atoms with E-state index < -0.39 is 17.8 Å². The highest BCUT2D eigenvalue weighted by Gasteiger charge is 2.30. The van der Waals surface area contributed by atoms with Gasteiger partial charge in [0.2, 0.25) is 5.91 Å². The standard InChI is InChI=1S/C29H27F3N6O2S/c1-18(2)23-5-3-4-6-24(23)38-25(39)16-41-28(38)35-27(40)33-15-19-7-9-20(10-8-19)26-34-17-37(36-26)22-13-11-21(12-14-22)29(30,31)32/h3-14,17-18,41H,15-16H2,1-2H3,(H2,33,35,40). The predicted molar refractivity (Wildman–Crippen MR) is 154 cm³/mol. The molecule has 5 rings (SSSR count). The first-order valence-electron chi connectivity index (χ1n) is 12.8. The molecule has 0 aliphatic carbocycles. The molecule has 0 fully saturated rings. The Balaban J connectivity index is 1.19. The molecule has 0 bridgehead atoms.